The summed E-state index contributed by atoms with van der Waals surface area (Å²) in [6, 6.07) is 9.16. The molecule has 1 aliphatic heterocycles. The van der Waals surface area contributed by atoms with E-state index in [0.717, 1.165) is 18.7 Å². The van der Waals surface area contributed by atoms with Crippen LogP contribution in [0, 0.1) is 0 Å². The summed E-state index contributed by atoms with van der Waals surface area (Å²) in [6.45, 7) is 1.28. The second-order valence-corrected chi connectivity index (χ2v) is 6.09. The number of hydrogen-bond donors (Lipinski definition) is 1. The lowest BCUT2D eigenvalue weighted by molar-refractivity contribution is -0.147. The third-order valence-electron chi connectivity index (χ3n) is 4.08. The first-order chi connectivity index (χ1) is 10.4. The number of benzene rings is 1. The van der Waals surface area contributed by atoms with Crippen molar-refractivity contribution in [2.75, 3.05) is 32.1 Å². The second-order valence-electron chi connectivity index (χ2n) is 6.09. The fraction of sp³-hybridized carbons (Fsp3) is 0.529. The highest BCUT2D eigenvalue weighted by molar-refractivity contribution is 6.16. The summed E-state index contributed by atoms with van der Waals surface area (Å²) in [5.74, 6) is -0.842. The topological polar surface area (TPSA) is 60.9 Å². The van der Waals surface area contributed by atoms with Crippen LogP contribution in [0.4, 0.5) is 5.69 Å². The lowest BCUT2D eigenvalue weighted by Gasteiger charge is -2.21. The molecule has 2 rings (SSSR count). The number of hydrogen-bond acceptors (Lipinski definition) is 4. The van der Waals surface area contributed by atoms with Crippen LogP contribution in [0.25, 0.3) is 0 Å². The van der Waals surface area contributed by atoms with E-state index in [1.807, 2.05) is 44.4 Å². The van der Waals surface area contributed by atoms with Crippen molar-refractivity contribution in [1.82, 2.24) is 4.90 Å². The van der Waals surface area contributed by atoms with Gasteiger partial charge in [0.1, 0.15) is 0 Å². The highest BCUT2D eigenvalue weighted by Crippen LogP contribution is 2.30. The number of amides is 1. The third kappa shape index (κ3) is 3.54. The Morgan fingerprint density at radius 1 is 1.27 bits per heavy atom. The fourth-order valence-electron chi connectivity index (χ4n) is 2.74. The van der Waals surface area contributed by atoms with Crippen molar-refractivity contribution in [1.29, 1.82) is 0 Å². The molecule has 1 atom stereocenters. The van der Waals surface area contributed by atoms with Crippen LogP contribution >= 0.6 is 0 Å². The van der Waals surface area contributed by atoms with Crippen LogP contribution in [0.15, 0.2) is 30.3 Å². The normalized spacial score (nSPS) is 21.6. The number of aliphatic hydroxyl groups is 1. The molecule has 0 spiro atoms. The quantitative estimate of drug-likeness (QED) is 0.612. The number of carbonyl (C=O) groups is 2. The van der Waals surface area contributed by atoms with Crippen molar-refractivity contribution in [3.05, 3.63) is 30.3 Å². The van der Waals surface area contributed by atoms with Crippen LogP contribution in [0.3, 0.4) is 0 Å². The van der Waals surface area contributed by atoms with Gasteiger partial charge in [0.2, 0.25) is 5.60 Å². The molecule has 1 saturated heterocycles. The number of anilines is 1. The molecule has 1 aromatic rings. The number of unbranched alkanes of at least 4 members (excludes halogenated alkanes) is 1. The molecule has 120 valence electrons. The van der Waals surface area contributed by atoms with Crippen molar-refractivity contribution in [3.63, 3.8) is 0 Å². The number of carbonyl (C=O) groups excluding carboxylic acids is 2. The summed E-state index contributed by atoms with van der Waals surface area (Å²) in [4.78, 5) is 28.3. The number of ketones is 1. The monoisotopic (exact) mass is 304 g/mol. The van der Waals surface area contributed by atoms with Gasteiger partial charge in [0.25, 0.3) is 5.91 Å². The van der Waals surface area contributed by atoms with Crippen molar-refractivity contribution in [2.24, 2.45) is 0 Å². The van der Waals surface area contributed by atoms with Crippen LogP contribution in [0.2, 0.25) is 0 Å². The molecule has 1 amide bonds. The molecular formula is C17H24N2O3. The van der Waals surface area contributed by atoms with E-state index in [2.05, 4.69) is 4.90 Å². The van der Waals surface area contributed by atoms with Crippen molar-refractivity contribution in [3.8, 4) is 0 Å². The van der Waals surface area contributed by atoms with Gasteiger partial charge >= 0.3 is 0 Å². The van der Waals surface area contributed by atoms with Crippen molar-refractivity contribution >= 4 is 17.4 Å². The smallest absolute Gasteiger partial charge is 0.266 e. The molecule has 1 heterocycles. The van der Waals surface area contributed by atoms with E-state index in [1.165, 1.54) is 4.90 Å². The van der Waals surface area contributed by atoms with Crippen LogP contribution in [-0.2, 0) is 9.59 Å². The SMILES string of the molecule is CN(C)CCCCC(=O)[C@@]1(O)CCN(c2ccccc2)C1=O. The zero-order valence-corrected chi connectivity index (χ0v) is 13.3. The maximum absolute atomic E-state index is 12.5. The first-order valence-corrected chi connectivity index (χ1v) is 7.72. The van der Waals surface area contributed by atoms with Gasteiger partial charge in [0, 0.05) is 25.1 Å². The predicted octanol–water partition coefficient (Wildman–Crippen LogP) is 1.46. The number of Topliss-reactive ketones (excluding diaryl/α,β-unsaturated/α-hetero) is 1. The van der Waals surface area contributed by atoms with Gasteiger partial charge in [-0.2, -0.15) is 0 Å². The Hall–Kier alpha value is -1.72. The molecule has 1 aromatic carbocycles. The lowest BCUT2D eigenvalue weighted by atomic mass is 9.93. The van der Waals surface area contributed by atoms with Gasteiger partial charge in [0.05, 0.1) is 0 Å². The molecule has 5 nitrogen and oxygen atoms in total. The molecule has 0 bridgehead atoms. The molecule has 0 radical (unpaired) electrons. The Labute approximate surface area is 131 Å². The summed E-state index contributed by atoms with van der Waals surface area (Å²) < 4.78 is 0. The Balaban J connectivity index is 1.96. The van der Waals surface area contributed by atoms with Gasteiger partial charge in [-0.1, -0.05) is 18.2 Å². The van der Waals surface area contributed by atoms with Gasteiger partial charge in [0.15, 0.2) is 5.78 Å². The minimum atomic E-state index is -1.84. The Morgan fingerprint density at radius 3 is 2.59 bits per heavy atom. The molecule has 22 heavy (non-hydrogen) atoms. The molecule has 0 aliphatic carbocycles. The van der Waals surface area contributed by atoms with Crippen LogP contribution in [0.1, 0.15) is 25.7 Å². The third-order valence-corrected chi connectivity index (χ3v) is 4.08. The Bertz CT molecular complexity index is 530. The molecule has 1 fully saturated rings. The Kier molecular flexibility index (Phi) is 5.32. The van der Waals surface area contributed by atoms with E-state index in [0.29, 0.717) is 13.0 Å². The average Bonchev–Trinajstić information content (AvgIpc) is 2.81. The first kappa shape index (κ1) is 16.6. The minimum Gasteiger partial charge on any atom is -0.373 e. The fourth-order valence-corrected chi connectivity index (χ4v) is 2.74. The van der Waals surface area contributed by atoms with Gasteiger partial charge in [-0.3, -0.25) is 9.59 Å². The summed E-state index contributed by atoms with van der Waals surface area (Å²) >= 11 is 0. The predicted molar refractivity (Wildman–Crippen MR) is 85.8 cm³/mol. The zero-order valence-electron chi connectivity index (χ0n) is 13.3. The van der Waals surface area contributed by atoms with Crippen molar-refractivity contribution in [2.45, 2.75) is 31.3 Å². The summed E-state index contributed by atoms with van der Waals surface area (Å²) in [5.41, 5.74) is -1.11. The van der Waals surface area contributed by atoms with E-state index in [-0.39, 0.29) is 18.6 Å². The summed E-state index contributed by atoms with van der Waals surface area (Å²) in [5, 5.41) is 10.5. The van der Waals surface area contributed by atoms with E-state index in [9.17, 15) is 14.7 Å². The number of para-hydroxylation sites is 1. The zero-order chi connectivity index (χ0) is 16.2. The second kappa shape index (κ2) is 7.03. The maximum atomic E-state index is 12.5. The number of rotatable bonds is 7. The largest absolute Gasteiger partial charge is 0.373 e. The molecule has 0 saturated carbocycles. The summed E-state index contributed by atoms with van der Waals surface area (Å²) in [6.07, 6.45) is 2.00. The van der Waals surface area contributed by atoms with Gasteiger partial charge in [-0.25, -0.2) is 0 Å². The highest BCUT2D eigenvalue weighted by Gasteiger charge is 2.50. The molecule has 1 aliphatic rings. The molecule has 0 unspecified atom stereocenters. The van der Waals surface area contributed by atoms with Gasteiger partial charge < -0.3 is 14.9 Å². The van der Waals surface area contributed by atoms with E-state index < -0.39 is 11.5 Å². The Morgan fingerprint density at radius 2 is 1.95 bits per heavy atom. The van der Waals surface area contributed by atoms with Gasteiger partial charge in [-0.05, 0) is 45.6 Å². The number of nitrogens with zero attached hydrogens (tertiary/aromatic N) is 2. The van der Waals surface area contributed by atoms with Crippen LogP contribution in [-0.4, -0.2) is 54.5 Å². The van der Waals surface area contributed by atoms with E-state index >= 15 is 0 Å². The molecule has 1 N–H and O–H groups in total. The maximum Gasteiger partial charge on any atom is 0.266 e. The van der Waals surface area contributed by atoms with Crippen LogP contribution in [0.5, 0.6) is 0 Å². The average molecular weight is 304 g/mol. The van der Waals surface area contributed by atoms with Crippen LogP contribution < -0.4 is 4.90 Å². The molecule has 0 aromatic heterocycles. The van der Waals surface area contributed by atoms with E-state index in [4.69, 9.17) is 0 Å². The standard InChI is InChI=1S/C17H24N2O3/c1-18(2)12-7-6-10-15(20)17(22)11-13-19(16(17)21)14-8-4-3-5-9-14/h3-5,8-9,22H,6-7,10-13H2,1-2H3/t17-/m0/s1. The van der Waals surface area contributed by atoms with Crippen molar-refractivity contribution < 1.29 is 14.7 Å². The molecule has 5 heteroatoms. The van der Waals surface area contributed by atoms with Gasteiger partial charge in [-0.15, -0.1) is 0 Å². The minimum absolute atomic E-state index is 0.174. The van der Waals surface area contributed by atoms with E-state index in [1.54, 1.807) is 0 Å². The molecular weight excluding hydrogens is 280 g/mol. The first-order valence-electron chi connectivity index (χ1n) is 7.72. The highest BCUT2D eigenvalue weighted by atomic mass is 16.3. The lowest BCUT2D eigenvalue weighted by Crippen LogP contribution is -2.46. The summed E-state index contributed by atoms with van der Waals surface area (Å²) in [7, 11) is 3.96.